The fourth-order valence-electron chi connectivity index (χ4n) is 0.807. The molecule has 0 atom stereocenters. The van der Waals surface area contributed by atoms with Gasteiger partial charge in [0.1, 0.15) is 0 Å². The van der Waals surface area contributed by atoms with Crippen molar-refractivity contribution >= 4 is 0 Å². The zero-order valence-electron chi connectivity index (χ0n) is 4.35. The molecule has 1 saturated carbocycles. The summed E-state index contributed by atoms with van der Waals surface area (Å²) in [6.45, 7) is 0. The van der Waals surface area contributed by atoms with Crippen LogP contribution in [0.1, 0.15) is 25.7 Å². The maximum absolute atomic E-state index is 8.81. The molecule has 1 heteroatoms. The lowest BCUT2D eigenvalue weighted by Gasteiger charge is -2.13. The lowest BCUT2D eigenvalue weighted by Crippen LogP contribution is -2.01. The van der Waals surface area contributed by atoms with Crippen LogP contribution in [0.5, 0.6) is 0 Å². The summed E-state index contributed by atoms with van der Waals surface area (Å²) in [6, 6.07) is 0. The number of aliphatic hydroxyl groups is 1. The van der Waals surface area contributed by atoms with E-state index in [0.717, 1.165) is 25.7 Å². The van der Waals surface area contributed by atoms with E-state index in [1.807, 2.05) is 0 Å². The maximum Gasteiger partial charge on any atom is 0.0933 e. The maximum atomic E-state index is 8.81. The van der Waals surface area contributed by atoms with Crippen LogP contribution < -0.4 is 0 Å². The Hall–Kier alpha value is -0.0400. The number of rotatable bonds is 0. The molecule has 0 heterocycles. The zero-order chi connectivity index (χ0) is 5.11. The van der Waals surface area contributed by atoms with Crippen molar-refractivity contribution in [2.45, 2.75) is 25.7 Å². The van der Waals surface area contributed by atoms with Gasteiger partial charge in [0.15, 0.2) is 0 Å². The third-order valence-corrected chi connectivity index (χ3v) is 1.27. The fourth-order valence-corrected chi connectivity index (χ4v) is 0.807. The lowest BCUT2D eigenvalue weighted by atomic mass is 9.98. The Balaban J connectivity index is 2.12. The van der Waals surface area contributed by atoms with Crippen LogP contribution in [-0.2, 0) is 0 Å². The minimum absolute atomic E-state index is 0.683. The zero-order valence-corrected chi connectivity index (χ0v) is 4.35. The summed E-state index contributed by atoms with van der Waals surface area (Å²) in [4.78, 5) is 0. The Morgan fingerprint density at radius 1 is 1.29 bits per heavy atom. The van der Waals surface area contributed by atoms with Gasteiger partial charge in [0, 0.05) is 0 Å². The van der Waals surface area contributed by atoms with Crippen molar-refractivity contribution in [3.63, 3.8) is 0 Å². The normalized spacial score (nSPS) is 25.3. The molecule has 1 N–H and O–H groups in total. The van der Waals surface area contributed by atoms with Crippen LogP contribution in [0.3, 0.4) is 0 Å². The summed E-state index contributed by atoms with van der Waals surface area (Å²) in [7, 11) is 0. The first kappa shape index (κ1) is 5.10. The summed E-state index contributed by atoms with van der Waals surface area (Å²) in [6.07, 6.45) is 6.86. The van der Waals surface area contributed by atoms with Gasteiger partial charge in [-0.05, 0) is 32.1 Å². The molecule has 1 aliphatic rings. The van der Waals surface area contributed by atoms with E-state index in [1.165, 1.54) is 0 Å². The first-order valence-electron chi connectivity index (χ1n) is 2.75. The molecule has 7 heavy (non-hydrogen) atoms. The summed E-state index contributed by atoms with van der Waals surface area (Å²) in [5.41, 5.74) is 0. The Morgan fingerprint density at radius 2 is 1.86 bits per heavy atom. The summed E-state index contributed by atoms with van der Waals surface area (Å²) < 4.78 is 0. The van der Waals surface area contributed by atoms with Gasteiger partial charge in [-0.3, -0.25) is 0 Å². The van der Waals surface area contributed by atoms with Gasteiger partial charge < -0.3 is 5.11 Å². The monoisotopic (exact) mass is 98.1 g/mol. The Bertz CT molecular complexity index is 46.1. The van der Waals surface area contributed by atoms with E-state index in [2.05, 4.69) is 6.42 Å². The predicted octanol–water partition coefficient (Wildman–Crippen LogP) is 1.67. The minimum Gasteiger partial charge on any atom is -0.387 e. The molecule has 1 fully saturated rings. The standard InChI is InChI=1S/C6H10O/c7-6-4-2-1-3-5-6/h1,7H,2-5H2. The van der Waals surface area contributed by atoms with Gasteiger partial charge in [-0.25, -0.2) is 0 Å². The molecule has 40 valence electrons. The molecule has 0 saturated heterocycles. The molecule has 0 aromatic rings. The van der Waals surface area contributed by atoms with Crippen LogP contribution >= 0.6 is 0 Å². The van der Waals surface area contributed by atoms with Gasteiger partial charge in [-0.15, -0.1) is 0 Å². The second kappa shape index (κ2) is 2.31. The Labute approximate surface area is 44.4 Å². The molecule has 0 unspecified atom stereocenters. The van der Waals surface area contributed by atoms with Crippen molar-refractivity contribution in [1.82, 2.24) is 0 Å². The van der Waals surface area contributed by atoms with E-state index in [9.17, 15) is 0 Å². The van der Waals surface area contributed by atoms with E-state index in [4.69, 9.17) is 5.11 Å². The summed E-state index contributed by atoms with van der Waals surface area (Å²) in [5.74, 6) is 0. The highest BCUT2D eigenvalue weighted by Crippen LogP contribution is 2.21. The molecule has 0 spiro atoms. The molecule has 0 bridgehead atoms. The van der Waals surface area contributed by atoms with E-state index < -0.39 is 0 Å². The highest BCUT2D eigenvalue weighted by molar-refractivity contribution is 4.86. The molecule has 0 aliphatic heterocycles. The highest BCUT2D eigenvalue weighted by Gasteiger charge is 2.09. The first-order chi connectivity index (χ1) is 3.39. The smallest absolute Gasteiger partial charge is 0.0933 e. The van der Waals surface area contributed by atoms with Crippen LogP contribution in [0.2, 0.25) is 0 Å². The molecule has 0 aromatic heterocycles. The topological polar surface area (TPSA) is 20.2 Å². The molecule has 1 aliphatic carbocycles. The van der Waals surface area contributed by atoms with Crippen LogP contribution in [-0.4, -0.2) is 5.11 Å². The summed E-state index contributed by atoms with van der Waals surface area (Å²) >= 11 is 0. The second-order valence-corrected chi connectivity index (χ2v) is 1.93. The van der Waals surface area contributed by atoms with Crippen molar-refractivity contribution in [3.8, 4) is 0 Å². The summed E-state index contributed by atoms with van der Waals surface area (Å²) in [5, 5.41) is 8.81. The molecule has 1 rings (SSSR count). The third kappa shape index (κ3) is 1.48. The highest BCUT2D eigenvalue weighted by atomic mass is 16.3. The SMILES string of the molecule is O[C]1CC[CH]CC1. The van der Waals surface area contributed by atoms with Crippen molar-refractivity contribution < 1.29 is 5.11 Å². The predicted molar refractivity (Wildman–Crippen MR) is 27.9 cm³/mol. The molecular weight excluding hydrogens is 88.1 g/mol. The average Bonchev–Trinajstić information content (AvgIpc) is 1.69. The molecule has 0 aromatic carbocycles. The third-order valence-electron chi connectivity index (χ3n) is 1.27. The number of hydrogen-bond acceptors (Lipinski definition) is 1. The minimum atomic E-state index is 0.683. The van der Waals surface area contributed by atoms with Crippen LogP contribution in [0, 0.1) is 12.5 Å². The molecule has 2 radical (unpaired) electrons. The number of aliphatic hydroxyl groups excluding tert-OH is 1. The van der Waals surface area contributed by atoms with Gasteiger partial charge in [0.05, 0.1) is 6.10 Å². The average molecular weight is 98.1 g/mol. The van der Waals surface area contributed by atoms with Gasteiger partial charge in [-0.2, -0.15) is 0 Å². The van der Waals surface area contributed by atoms with Crippen LogP contribution in [0.15, 0.2) is 0 Å². The van der Waals surface area contributed by atoms with Gasteiger partial charge >= 0.3 is 0 Å². The van der Waals surface area contributed by atoms with E-state index in [1.54, 1.807) is 0 Å². The van der Waals surface area contributed by atoms with Crippen molar-refractivity contribution in [2.24, 2.45) is 0 Å². The van der Waals surface area contributed by atoms with Crippen molar-refractivity contribution in [2.75, 3.05) is 0 Å². The lowest BCUT2D eigenvalue weighted by molar-refractivity contribution is 0.254. The number of hydrogen-bond donors (Lipinski definition) is 1. The van der Waals surface area contributed by atoms with Crippen molar-refractivity contribution in [3.05, 3.63) is 12.5 Å². The van der Waals surface area contributed by atoms with E-state index >= 15 is 0 Å². The van der Waals surface area contributed by atoms with Crippen molar-refractivity contribution in [1.29, 1.82) is 0 Å². The Kier molecular flexibility index (Phi) is 1.69. The second-order valence-electron chi connectivity index (χ2n) is 1.93. The quantitative estimate of drug-likeness (QED) is 0.488. The fraction of sp³-hybridized carbons (Fsp3) is 0.667. The molecular formula is C6H10O. The van der Waals surface area contributed by atoms with Crippen LogP contribution in [0.25, 0.3) is 0 Å². The molecule has 1 nitrogen and oxygen atoms in total. The van der Waals surface area contributed by atoms with Gasteiger partial charge in [0.2, 0.25) is 0 Å². The first-order valence-corrected chi connectivity index (χ1v) is 2.75. The van der Waals surface area contributed by atoms with Gasteiger partial charge in [0.25, 0.3) is 0 Å². The van der Waals surface area contributed by atoms with E-state index in [-0.39, 0.29) is 0 Å². The van der Waals surface area contributed by atoms with E-state index in [0.29, 0.717) is 6.10 Å². The van der Waals surface area contributed by atoms with Gasteiger partial charge in [-0.1, -0.05) is 0 Å². The largest absolute Gasteiger partial charge is 0.387 e. The molecule has 0 amide bonds. The van der Waals surface area contributed by atoms with Crippen LogP contribution in [0.4, 0.5) is 0 Å². The Morgan fingerprint density at radius 3 is 2.14 bits per heavy atom.